The summed E-state index contributed by atoms with van der Waals surface area (Å²) < 4.78 is 5.65. The molecular formula is C20H18ClN3O2. The number of allylic oxidation sites excluding steroid dienone is 3. The predicted octanol–water partition coefficient (Wildman–Crippen LogP) is 3.08. The van der Waals surface area contributed by atoms with E-state index in [2.05, 4.69) is 12.0 Å². The van der Waals surface area contributed by atoms with E-state index in [1.165, 1.54) is 0 Å². The van der Waals surface area contributed by atoms with Crippen LogP contribution in [0.3, 0.4) is 0 Å². The molecule has 0 bridgehead atoms. The molecule has 1 heterocycles. The number of nitrogens with zero attached hydrogens (tertiary/aromatic N) is 2. The first kappa shape index (κ1) is 17.9. The van der Waals surface area contributed by atoms with Gasteiger partial charge in [0.1, 0.15) is 18.2 Å². The van der Waals surface area contributed by atoms with E-state index in [1.807, 2.05) is 0 Å². The van der Waals surface area contributed by atoms with E-state index in [9.17, 15) is 10.1 Å². The number of benzene rings is 1. The Labute approximate surface area is 157 Å². The van der Waals surface area contributed by atoms with Crippen molar-refractivity contribution in [1.29, 1.82) is 5.26 Å². The summed E-state index contributed by atoms with van der Waals surface area (Å²) >= 11 is 6.20. The summed E-state index contributed by atoms with van der Waals surface area (Å²) in [5.74, 6) is 2.67. The molecule has 2 N–H and O–H groups in total. The summed E-state index contributed by atoms with van der Waals surface area (Å²) in [7, 11) is 1.78. The molecule has 6 heteroatoms. The maximum Gasteiger partial charge on any atom is 0.161 e. The third-order valence-corrected chi connectivity index (χ3v) is 5.00. The van der Waals surface area contributed by atoms with Gasteiger partial charge in [-0.15, -0.1) is 6.42 Å². The van der Waals surface area contributed by atoms with Gasteiger partial charge >= 0.3 is 0 Å². The van der Waals surface area contributed by atoms with E-state index < -0.39 is 5.92 Å². The maximum absolute atomic E-state index is 12.8. The molecule has 0 amide bonds. The summed E-state index contributed by atoms with van der Waals surface area (Å²) in [6.45, 7) is 0.0716. The van der Waals surface area contributed by atoms with Crippen molar-refractivity contribution in [2.45, 2.75) is 25.2 Å². The number of ether oxygens (including phenoxy) is 1. The number of ketones is 1. The molecule has 132 valence electrons. The van der Waals surface area contributed by atoms with Crippen LogP contribution in [-0.2, 0) is 4.79 Å². The van der Waals surface area contributed by atoms with Crippen LogP contribution in [0.5, 0.6) is 5.75 Å². The van der Waals surface area contributed by atoms with Crippen molar-refractivity contribution in [2.75, 3.05) is 13.7 Å². The number of Topliss-reactive ketones (excluding diaryl/α,β-unsaturated/α-hetero) is 1. The fourth-order valence-corrected chi connectivity index (χ4v) is 3.75. The lowest BCUT2D eigenvalue weighted by molar-refractivity contribution is -0.116. The normalized spacial score (nSPS) is 19.8. The minimum atomic E-state index is -0.606. The molecule has 0 spiro atoms. The lowest BCUT2D eigenvalue weighted by atomic mass is 9.75. The number of hydrogen-bond donors (Lipinski definition) is 1. The highest BCUT2D eigenvalue weighted by molar-refractivity contribution is 6.30. The molecule has 0 saturated heterocycles. The zero-order valence-electron chi connectivity index (χ0n) is 14.4. The van der Waals surface area contributed by atoms with E-state index in [4.69, 9.17) is 28.5 Å². The van der Waals surface area contributed by atoms with E-state index >= 15 is 0 Å². The first-order valence-corrected chi connectivity index (χ1v) is 8.62. The average Bonchev–Trinajstić information content (AvgIpc) is 2.63. The van der Waals surface area contributed by atoms with Gasteiger partial charge in [0, 0.05) is 35.3 Å². The lowest BCUT2D eigenvalue weighted by Gasteiger charge is -2.38. The quantitative estimate of drug-likeness (QED) is 0.830. The molecule has 0 radical (unpaired) electrons. The molecule has 2 aliphatic rings. The van der Waals surface area contributed by atoms with Crippen LogP contribution < -0.4 is 10.5 Å². The summed E-state index contributed by atoms with van der Waals surface area (Å²) in [5.41, 5.74) is 8.62. The molecule has 0 aromatic heterocycles. The third kappa shape index (κ3) is 2.92. The Morgan fingerprint density at radius 2 is 2.23 bits per heavy atom. The number of carbonyl (C=O) groups excluding carboxylic acids is 1. The smallest absolute Gasteiger partial charge is 0.161 e. The Morgan fingerprint density at radius 3 is 2.92 bits per heavy atom. The van der Waals surface area contributed by atoms with E-state index in [-0.39, 0.29) is 12.4 Å². The van der Waals surface area contributed by atoms with Crippen LogP contribution in [0, 0.1) is 23.7 Å². The molecule has 5 nitrogen and oxygen atoms in total. The van der Waals surface area contributed by atoms with Crippen molar-refractivity contribution in [2.24, 2.45) is 5.73 Å². The maximum atomic E-state index is 12.8. The average molecular weight is 368 g/mol. The molecule has 0 fully saturated rings. The van der Waals surface area contributed by atoms with E-state index in [1.54, 1.807) is 30.1 Å². The van der Waals surface area contributed by atoms with E-state index in [0.717, 1.165) is 18.5 Å². The summed E-state index contributed by atoms with van der Waals surface area (Å²) in [6, 6.07) is 7.27. The molecule has 0 unspecified atom stereocenters. The summed E-state index contributed by atoms with van der Waals surface area (Å²) in [6.07, 6.45) is 7.25. The molecule has 1 aliphatic carbocycles. The molecule has 0 saturated carbocycles. The SMILES string of the molecule is C#CCOc1ccc(Cl)cc1[C@@H]1C(C#N)=C(N)N(C)C2=C1C(=O)CCC2. The topological polar surface area (TPSA) is 79.3 Å². The van der Waals surface area contributed by atoms with Crippen molar-refractivity contribution in [3.8, 4) is 24.2 Å². The first-order valence-electron chi connectivity index (χ1n) is 8.25. The van der Waals surface area contributed by atoms with Crippen LogP contribution in [0.2, 0.25) is 5.02 Å². The highest BCUT2D eigenvalue weighted by Gasteiger charge is 2.39. The highest BCUT2D eigenvalue weighted by atomic mass is 35.5. The van der Waals surface area contributed by atoms with Crippen LogP contribution in [0.1, 0.15) is 30.7 Å². The Balaban J connectivity index is 2.25. The van der Waals surface area contributed by atoms with Crippen molar-refractivity contribution >= 4 is 17.4 Å². The van der Waals surface area contributed by atoms with Gasteiger partial charge in [-0.2, -0.15) is 5.26 Å². The van der Waals surface area contributed by atoms with Crippen molar-refractivity contribution in [3.05, 3.63) is 51.4 Å². The van der Waals surface area contributed by atoms with E-state index in [0.29, 0.717) is 39.7 Å². The number of rotatable bonds is 3. The predicted molar refractivity (Wildman–Crippen MR) is 99.0 cm³/mol. The van der Waals surface area contributed by atoms with Crippen molar-refractivity contribution in [3.63, 3.8) is 0 Å². The van der Waals surface area contributed by atoms with Crippen LogP contribution in [-0.4, -0.2) is 24.3 Å². The van der Waals surface area contributed by atoms with Crippen molar-refractivity contribution < 1.29 is 9.53 Å². The molecule has 1 atom stereocenters. The molecule has 26 heavy (non-hydrogen) atoms. The summed E-state index contributed by atoms with van der Waals surface area (Å²) in [5, 5.41) is 10.2. The molecule has 1 aliphatic heterocycles. The minimum Gasteiger partial charge on any atom is -0.481 e. The molecule has 1 aromatic carbocycles. The third-order valence-electron chi connectivity index (χ3n) is 4.76. The number of terminal acetylenes is 1. The minimum absolute atomic E-state index is 0.0197. The van der Waals surface area contributed by atoms with Gasteiger partial charge in [0.2, 0.25) is 0 Å². The van der Waals surface area contributed by atoms with Gasteiger partial charge < -0.3 is 15.4 Å². The van der Waals surface area contributed by atoms with Gasteiger partial charge in [-0.05, 0) is 31.0 Å². The number of carbonyl (C=O) groups is 1. The lowest BCUT2D eigenvalue weighted by Crippen LogP contribution is -2.36. The van der Waals surface area contributed by atoms with Gasteiger partial charge in [-0.25, -0.2) is 0 Å². The fraction of sp³-hybridized carbons (Fsp3) is 0.300. The largest absolute Gasteiger partial charge is 0.481 e. The molecule has 1 aromatic rings. The van der Waals surface area contributed by atoms with Gasteiger partial charge in [-0.1, -0.05) is 17.5 Å². The Kier molecular flexibility index (Phi) is 4.93. The second-order valence-corrected chi connectivity index (χ2v) is 6.65. The Hall–Kier alpha value is -2.89. The standard InChI is InChI=1S/C20H18ClN3O2/c1-3-9-26-17-8-7-12(21)10-13(17)18-14(11-22)20(23)24(2)15-5-4-6-16(25)19(15)18/h1,7-8,10,18H,4-6,9,23H2,2H3/t18-/m1/s1. The fourth-order valence-electron chi connectivity index (χ4n) is 3.57. The number of nitrogens with two attached hydrogens (primary N) is 1. The Morgan fingerprint density at radius 1 is 1.46 bits per heavy atom. The van der Waals surface area contributed by atoms with Crippen LogP contribution in [0.15, 0.2) is 40.9 Å². The second kappa shape index (κ2) is 7.15. The monoisotopic (exact) mass is 367 g/mol. The zero-order chi connectivity index (χ0) is 18.8. The van der Waals surface area contributed by atoms with Gasteiger partial charge in [0.05, 0.1) is 17.6 Å². The summed E-state index contributed by atoms with van der Waals surface area (Å²) in [4.78, 5) is 14.5. The molecular weight excluding hydrogens is 350 g/mol. The Bertz CT molecular complexity index is 918. The van der Waals surface area contributed by atoms with Gasteiger partial charge in [-0.3, -0.25) is 4.79 Å². The van der Waals surface area contributed by atoms with Gasteiger partial charge in [0.25, 0.3) is 0 Å². The van der Waals surface area contributed by atoms with Crippen LogP contribution in [0.4, 0.5) is 0 Å². The highest BCUT2D eigenvalue weighted by Crippen LogP contribution is 2.47. The van der Waals surface area contributed by atoms with Crippen LogP contribution in [0.25, 0.3) is 0 Å². The van der Waals surface area contributed by atoms with Crippen LogP contribution >= 0.6 is 11.6 Å². The number of nitriles is 1. The number of hydrogen-bond acceptors (Lipinski definition) is 5. The van der Waals surface area contributed by atoms with Crippen molar-refractivity contribution in [1.82, 2.24) is 4.90 Å². The second-order valence-electron chi connectivity index (χ2n) is 6.21. The molecule has 3 rings (SSSR count). The van der Waals surface area contributed by atoms with Gasteiger partial charge in [0.15, 0.2) is 5.78 Å². The first-order chi connectivity index (χ1) is 12.5. The zero-order valence-corrected chi connectivity index (χ0v) is 15.1. The number of halogens is 1.